The van der Waals surface area contributed by atoms with Crippen LogP contribution in [-0.4, -0.2) is 51.3 Å². The van der Waals surface area contributed by atoms with Crippen LogP contribution in [0.15, 0.2) is 47.5 Å². The number of carbonyl (C=O) groups excluding carboxylic acids is 1. The number of carbonyl (C=O) groups is 1. The maximum Gasteiger partial charge on any atom is 0.261 e. The van der Waals surface area contributed by atoms with E-state index < -0.39 is 27.0 Å². The third-order valence-electron chi connectivity index (χ3n) is 7.21. The number of aryl methyl sites for hydroxylation is 1. The molecule has 0 spiro atoms. The van der Waals surface area contributed by atoms with E-state index in [2.05, 4.69) is 26.4 Å². The summed E-state index contributed by atoms with van der Waals surface area (Å²) >= 11 is 0. The molecule has 0 radical (unpaired) electrons. The van der Waals surface area contributed by atoms with Crippen molar-refractivity contribution in [3.63, 3.8) is 0 Å². The molecule has 3 aromatic rings. The summed E-state index contributed by atoms with van der Waals surface area (Å²) in [7, 11) is -3.92. The van der Waals surface area contributed by atoms with E-state index in [0.29, 0.717) is 27.7 Å². The van der Waals surface area contributed by atoms with Crippen molar-refractivity contribution in [1.29, 1.82) is 5.26 Å². The number of sulfonamides is 1. The minimum Gasteiger partial charge on any atom is -0.380 e. The molecule has 5 rings (SSSR count). The number of amides is 1. The third-order valence-corrected chi connectivity index (χ3v) is 8.59. The van der Waals surface area contributed by atoms with E-state index in [1.54, 1.807) is 30.5 Å². The lowest BCUT2D eigenvalue weighted by Gasteiger charge is -2.41. The van der Waals surface area contributed by atoms with Crippen LogP contribution in [0.5, 0.6) is 0 Å². The monoisotopic (exact) mass is 511 g/mol. The Kier molecular flexibility index (Phi) is 5.98. The molecule has 4 N–H and O–H groups in total. The maximum absolute atomic E-state index is 15.4. The quantitative estimate of drug-likeness (QED) is 0.402. The van der Waals surface area contributed by atoms with Gasteiger partial charge in [0, 0.05) is 44.2 Å². The van der Waals surface area contributed by atoms with Gasteiger partial charge in [-0.1, -0.05) is 18.2 Å². The van der Waals surface area contributed by atoms with Crippen molar-refractivity contribution < 1.29 is 22.3 Å². The van der Waals surface area contributed by atoms with Gasteiger partial charge in [-0.3, -0.25) is 9.52 Å². The predicted molar refractivity (Wildman–Crippen MR) is 131 cm³/mol. The average Bonchev–Trinajstić information content (AvgIpc) is 3.46. The molecule has 2 fully saturated rings. The van der Waals surface area contributed by atoms with Crippen molar-refractivity contribution in [2.75, 3.05) is 31.0 Å². The van der Waals surface area contributed by atoms with Gasteiger partial charge in [0.2, 0.25) is 5.91 Å². The summed E-state index contributed by atoms with van der Waals surface area (Å²) in [5, 5.41) is 15.8. The van der Waals surface area contributed by atoms with Crippen molar-refractivity contribution in [3.8, 4) is 6.07 Å². The number of hydrogen-bond acceptors (Lipinski definition) is 6. The Bertz CT molecular complexity index is 1480. The first-order valence-corrected chi connectivity index (χ1v) is 13.1. The van der Waals surface area contributed by atoms with Gasteiger partial charge in [-0.2, -0.15) is 5.26 Å². The zero-order chi connectivity index (χ0) is 25.6. The number of rotatable bonds is 6. The molecule has 2 aromatic carbocycles. The molecule has 1 amide bonds. The number of nitrogens with zero attached hydrogens (tertiary/aromatic N) is 1. The van der Waals surface area contributed by atoms with Crippen LogP contribution < -0.4 is 15.4 Å². The molecule has 188 valence electrons. The highest BCUT2D eigenvalue weighted by molar-refractivity contribution is 7.92. The summed E-state index contributed by atoms with van der Waals surface area (Å²) in [5.41, 5.74) is -0.0728. The van der Waals surface area contributed by atoms with Crippen molar-refractivity contribution in [2.45, 2.75) is 30.5 Å². The summed E-state index contributed by atoms with van der Waals surface area (Å²) < 4.78 is 49.5. The first kappa shape index (κ1) is 24.2. The van der Waals surface area contributed by atoms with Crippen LogP contribution in [0.1, 0.15) is 23.1 Å². The number of nitrogens with one attached hydrogen (secondary N) is 4. The molecule has 2 aliphatic heterocycles. The van der Waals surface area contributed by atoms with Crippen LogP contribution in [0.2, 0.25) is 0 Å². The molecule has 0 bridgehead atoms. The number of ether oxygens (including phenoxy) is 1. The molecule has 2 saturated heterocycles. The van der Waals surface area contributed by atoms with Crippen LogP contribution in [0, 0.1) is 23.7 Å². The van der Waals surface area contributed by atoms with Crippen molar-refractivity contribution >= 4 is 32.5 Å². The van der Waals surface area contributed by atoms with Crippen molar-refractivity contribution in [2.24, 2.45) is 5.41 Å². The number of halogens is 1. The minimum atomic E-state index is -3.92. The summed E-state index contributed by atoms with van der Waals surface area (Å²) in [6.45, 7) is 2.62. The normalized spacial score (nSPS) is 23.7. The Hall–Kier alpha value is -3.46. The van der Waals surface area contributed by atoms with Crippen LogP contribution in [0.25, 0.3) is 10.9 Å². The molecule has 3 heterocycles. The van der Waals surface area contributed by atoms with E-state index in [1.807, 2.05) is 6.92 Å². The van der Waals surface area contributed by atoms with E-state index >= 15 is 4.39 Å². The highest BCUT2D eigenvalue weighted by Crippen LogP contribution is 2.44. The Balaban J connectivity index is 1.29. The fourth-order valence-electron chi connectivity index (χ4n) is 5.07. The topological polar surface area (TPSA) is 136 Å². The number of aromatic amines is 1. The molecule has 2 aliphatic rings. The summed E-state index contributed by atoms with van der Waals surface area (Å²) in [6.07, 6.45) is 1.72. The summed E-state index contributed by atoms with van der Waals surface area (Å²) in [4.78, 5) is 16.0. The zero-order valence-corrected chi connectivity index (χ0v) is 20.5. The fraction of sp³-hybridized carbons (Fsp3) is 0.360. The van der Waals surface area contributed by atoms with E-state index in [-0.39, 0.29) is 44.2 Å². The number of aromatic nitrogens is 1. The predicted octanol–water partition coefficient (Wildman–Crippen LogP) is 2.48. The molecule has 1 aromatic heterocycles. The summed E-state index contributed by atoms with van der Waals surface area (Å²) in [6, 6.07) is 11.6. The second-order valence-electron chi connectivity index (χ2n) is 9.38. The molecule has 11 heteroatoms. The highest BCUT2D eigenvalue weighted by Gasteiger charge is 2.62. The fourth-order valence-corrected chi connectivity index (χ4v) is 6.15. The molecule has 0 saturated carbocycles. The SMILES string of the molecule is Cc1ccc(NS(=O)(=O)c2ccc(CNC(=O)[C@]34CNC[C@@]3(F)CCOC4)cc2)c2[nH]cc(C#N)c12. The van der Waals surface area contributed by atoms with Crippen LogP contribution in [0.4, 0.5) is 10.1 Å². The van der Waals surface area contributed by atoms with Gasteiger partial charge in [0.05, 0.1) is 28.3 Å². The highest BCUT2D eigenvalue weighted by atomic mass is 32.2. The lowest BCUT2D eigenvalue weighted by Crippen LogP contribution is -2.59. The molecule has 9 nitrogen and oxygen atoms in total. The van der Waals surface area contributed by atoms with Gasteiger partial charge in [-0.05, 0) is 36.2 Å². The Morgan fingerprint density at radius 1 is 1.22 bits per heavy atom. The van der Waals surface area contributed by atoms with Crippen molar-refractivity contribution in [3.05, 3.63) is 59.3 Å². The molecular weight excluding hydrogens is 485 g/mol. The lowest BCUT2D eigenvalue weighted by atomic mass is 9.72. The number of alkyl halides is 1. The second-order valence-corrected chi connectivity index (χ2v) is 11.1. The van der Waals surface area contributed by atoms with Crippen LogP contribution >= 0.6 is 0 Å². The Labute approximate surface area is 208 Å². The van der Waals surface area contributed by atoms with Crippen LogP contribution in [-0.2, 0) is 26.1 Å². The van der Waals surface area contributed by atoms with Gasteiger partial charge in [-0.25, -0.2) is 12.8 Å². The molecule has 2 atom stereocenters. The number of benzene rings is 2. The molecule has 36 heavy (non-hydrogen) atoms. The van der Waals surface area contributed by atoms with Crippen molar-refractivity contribution in [1.82, 2.24) is 15.6 Å². The van der Waals surface area contributed by atoms with Gasteiger partial charge in [-0.15, -0.1) is 0 Å². The first-order valence-electron chi connectivity index (χ1n) is 11.6. The number of anilines is 1. The van der Waals surface area contributed by atoms with E-state index in [0.717, 1.165) is 5.56 Å². The van der Waals surface area contributed by atoms with Gasteiger partial charge in [0.15, 0.2) is 0 Å². The van der Waals surface area contributed by atoms with Crippen LogP contribution in [0.3, 0.4) is 0 Å². The average molecular weight is 512 g/mol. The molecule has 0 unspecified atom stereocenters. The number of hydrogen-bond donors (Lipinski definition) is 4. The minimum absolute atomic E-state index is 0.0220. The van der Waals surface area contributed by atoms with E-state index in [4.69, 9.17) is 4.74 Å². The second kappa shape index (κ2) is 8.89. The Morgan fingerprint density at radius 3 is 2.75 bits per heavy atom. The zero-order valence-electron chi connectivity index (χ0n) is 19.7. The first-order chi connectivity index (χ1) is 17.2. The third kappa shape index (κ3) is 3.91. The molecular formula is C25H26FN5O4S. The van der Waals surface area contributed by atoms with Gasteiger partial charge in [0.1, 0.15) is 17.2 Å². The van der Waals surface area contributed by atoms with E-state index in [9.17, 15) is 18.5 Å². The number of fused-ring (bicyclic) bond motifs is 2. The number of H-pyrrole nitrogens is 1. The lowest BCUT2D eigenvalue weighted by molar-refractivity contribution is -0.154. The Morgan fingerprint density at radius 2 is 2.00 bits per heavy atom. The smallest absolute Gasteiger partial charge is 0.261 e. The molecule has 0 aliphatic carbocycles. The summed E-state index contributed by atoms with van der Waals surface area (Å²) in [5.74, 6) is -0.417. The maximum atomic E-state index is 15.4. The van der Waals surface area contributed by atoms with Gasteiger partial charge >= 0.3 is 0 Å². The standard InChI is InChI=1S/C25H26FN5O4S/c1-16-2-7-20(22-21(16)18(10-27)12-29-22)31-36(33,34)19-5-3-17(4-6-19)11-30-23(32)24-13-28-14-25(24,26)8-9-35-15-24/h2-7,12,28-29,31H,8-9,11,13-15H2,1H3,(H,30,32)/t24-,25+/m1/s1. The largest absolute Gasteiger partial charge is 0.380 e. The van der Waals surface area contributed by atoms with Gasteiger partial charge in [0.25, 0.3) is 10.0 Å². The van der Waals surface area contributed by atoms with E-state index in [1.165, 1.54) is 12.1 Å². The number of nitriles is 1. The van der Waals surface area contributed by atoms with Gasteiger partial charge < -0.3 is 20.4 Å².